The fourth-order valence-electron chi connectivity index (χ4n) is 1.50. The molecular formula is C14H12BrNO3S. The highest BCUT2D eigenvalue weighted by Gasteiger charge is 2.11. The molecule has 0 heterocycles. The summed E-state index contributed by atoms with van der Waals surface area (Å²) in [4.78, 5) is 0.150. The van der Waals surface area contributed by atoms with Crippen molar-refractivity contribution in [3.8, 4) is 5.75 Å². The summed E-state index contributed by atoms with van der Waals surface area (Å²) in [5.74, 6) is 0.0866. The lowest BCUT2D eigenvalue weighted by Crippen LogP contribution is -1.97. The topological polar surface area (TPSA) is 66.7 Å². The van der Waals surface area contributed by atoms with Gasteiger partial charge in [-0.2, -0.15) is 12.8 Å². The van der Waals surface area contributed by atoms with E-state index in [-0.39, 0.29) is 10.6 Å². The van der Waals surface area contributed by atoms with Gasteiger partial charge in [0.25, 0.3) is 10.0 Å². The van der Waals surface area contributed by atoms with Gasteiger partial charge in [-0.1, -0.05) is 17.7 Å². The van der Waals surface area contributed by atoms with Gasteiger partial charge >= 0.3 is 0 Å². The maximum atomic E-state index is 12.0. The SMILES string of the molecule is Cc1ccc(S(=O)(=O)/N=C\c2ccc(O)c(Br)c2)cc1. The van der Waals surface area contributed by atoms with Crippen molar-refractivity contribution in [3.63, 3.8) is 0 Å². The van der Waals surface area contributed by atoms with Gasteiger partial charge in [-0.25, -0.2) is 0 Å². The largest absolute Gasteiger partial charge is 0.507 e. The van der Waals surface area contributed by atoms with Crippen LogP contribution < -0.4 is 0 Å². The van der Waals surface area contributed by atoms with E-state index in [1.807, 2.05) is 6.92 Å². The average molecular weight is 354 g/mol. The molecule has 0 aliphatic heterocycles. The molecule has 1 N–H and O–H groups in total. The first-order chi connectivity index (χ1) is 9.38. The second-order valence-corrected chi connectivity index (χ2v) is 6.72. The molecule has 0 radical (unpaired) electrons. The molecular weight excluding hydrogens is 342 g/mol. The summed E-state index contributed by atoms with van der Waals surface area (Å²) in [6, 6.07) is 11.1. The van der Waals surface area contributed by atoms with Crippen LogP contribution in [0.15, 0.2) is 56.2 Å². The Morgan fingerprint density at radius 1 is 1.15 bits per heavy atom. The molecule has 0 amide bonds. The number of hydrogen-bond acceptors (Lipinski definition) is 3. The van der Waals surface area contributed by atoms with Crippen LogP contribution >= 0.6 is 15.9 Å². The lowest BCUT2D eigenvalue weighted by atomic mass is 10.2. The second-order valence-electron chi connectivity index (χ2n) is 4.23. The number of phenolic OH excluding ortho intramolecular Hbond substituents is 1. The van der Waals surface area contributed by atoms with Crippen molar-refractivity contribution in [2.45, 2.75) is 11.8 Å². The first kappa shape index (κ1) is 14.7. The third-order valence-electron chi connectivity index (χ3n) is 2.63. The van der Waals surface area contributed by atoms with Crippen molar-refractivity contribution in [3.05, 3.63) is 58.1 Å². The fourth-order valence-corrected chi connectivity index (χ4v) is 2.76. The van der Waals surface area contributed by atoms with Crippen LogP contribution in [0.3, 0.4) is 0 Å². The number of sulfonamides is 1. The zero-order chi connectivity index (χ0) is 14.8. The Hall–Kier alpha value is -1.66. The van der Waals surface area contributed by atoms with Crippen LogP contribution in [0, 0.1) is 6.92 Å². The number of aryl methyl sites for hydroxylation is 1. The van der Waals surface area contributed by atoms with Crippen molar-refractivity contribution in [2.24, 2.45) is 4.40 Å². The Balaban J connectivity index is 2.29. The third-order valence-corrected chi connectivity index (χ3v) is 4.52. The van der Waals surface area contributed by atoms with Crippen LogP contribution in [0.4, 0.5) is 0 Å². The second kappa shape index (κ2) is 5.76. The molecule has 2 aromatic carbocycles. The molecule has 0 saturated heterocycles. The first-order valence-electron chi connectivity index (χ1n) is 5.74. The molecule has 0 unspecified atom stereocenters. The lowest BCUT2D eigenvalue weighted by Gasteiger charge is -2.00. The summed E-state index contributed by atoms with van der Waals surface area (Å²) in [7, 11) is -3.71. The van der Waals surface area contributed by atoms with Gasteiger partial charge in [-0.05, 0) is 58.7 Å². The molecule has 0 saturated carbocycles. The molecule has 0 atom stereocenters. The van der Waals surface area contributed by atoms with Crippen LogP contribution in [0.25, 0.3) is 0 Å². The van der Waals surface area contributed by atoms with E-state index >= 15 is 0 Å². The van der Waals surface area contributed by atoms with Crippen molar-refractivity contribution >= 4 is 32.2 Å². The van der Waals surface area contributed by atoms with Gasteiger partial charge in [0.2, 0.25) is 0 Å². The van der Waals surface area contributed by atoms with Gasteiger partial charge in [0.05, 0.1) is 9.37 Å². The van der Waals surface area contributed by atoms with Crippen LogP contribution in [0.5, 0.6) is 5.75 Å². The quantitative estimate of drug-likeness (QED) is 0.861. The van der Waals surface area contributed by atoms with E-state index in [2.05, 4.69) is 20.3 Å². The number of phenols is 1. The van der Waals surface area contributed by atoms with Crippen molar-refractivity contribution in [2.75, 3.05) is 0 Å². The van der Waals surface area contributed by atoms with Gasteiger partial charge in [-0.3, -0.25) is 0 Å². The van der Waals surface area contributed by atoms with E-state index in [0.29, 0.717) is 10.0 Å². The smallest absolute Gasteiger partial charge is 0.282 e. The molecule has 0 aromatic heterocycles. The molecule has 20 heavy (non-hydrogen) atoms. The molecule has 0 spiro atoms. The van der Waals surface area contributed by atoms with Crippen molar-refractivity contribution < 1.29 is 13.5 Å². The highest BCUT2D eigenvalue weighted by Crippen LogP contribution is 2.23. The summed E-state index contributed by atoms with van der Waals surface area (Å²) >= 11 is 3.16. The average Bonchev–Trinajstić information content (AvgIpc) is 2.41. The molecule has 4 nitrogen and oxygen atoms in total. The Morgan fingerprint density at radius 3 is 2.40 bits per heavy atom. The Morgan fingerprint density at radius 2 is 1.80 bits per heavy atom. The Kier molecular flexibility index (Phi) is 4.25. The first-order valence-corrected chi connectivity index (χ1v) is 7.97. The fraction of sp³-hybridized carbons (Fsp3) is 0.0714. The summed E-state index contributed by atoms with van der Waals surface area (Å²) in [5, 5.41) is 9.37. The molecule has 0 fully saturated rings. The summed E-state index contributed by atoms with van der Waals surface area (Å²) in [6.07, 6.45) is 1.25. The van der Waals surface area contributed by atoms with Gasteiger partial charge in [0.15, 0.2) is 0 Å². The molecule has 2 rings (SSSR count). The molecule has 0 aliphatic carbocycles. The molecule has 2 aromatic rings. The number of hydrogen-bond donors (Lipinski definition) is 1. The minimum Gasteiger partial charge on any atom is -0.507 e. The van der Waals surface area contributed by atoms with Crippen LogP contribution in [0.1, 0.15) is 11.1 Å². The van der Waals surface area contributed by atoms with E-state index in [0.717, 1.165) is 5.56 Å². The number of benzene rings is 2. The number of nitrogens with zero attached hydrogens (tertiary/aromatic N) is 1. The monoisotopic (exact) mass is 353 g/mol. The zero-order valence-corrected chi connectivity index (χ0v) is 13.0. The Labute approximate surface area is 126 Å². The van der Waals surface area contributed by atoms with E-state index in [1.54, 1.807) is 24.3 Å². The van der Waals surface area contributed by atoms with Gasteiger partial charge in [-0.15, -0.1) is 0 Å². The zero-order valence-electron chi connectivity index (χ0n) is 10.6. The van der Waals surface area contributed by atoms with Crippen molar-refractivity contribution in [1.82, 2.24) is 0 Å². The molecule has 0 bridgehead atoms. The summed E-state index contributed by atoms with van der Waals surface area (Å²) in [6.45, 7) is 1.88. The van der Waals surface area contributed by atoms with E-state index in [1.165, 1.54) is 24.4 Å². The number of halogens is 1. The van der Waals surface area contributed by atoms with Gasteiger partial charge in [0, 0.05) is 6.21 Å². The molecule has 0 aliphatic rings. The summed E-state index contributed by atoms with van der Waals surface area (Å²) in [5.41, 5.74) is 1.56. The molecule has 104 valence electrons. The van der Waals surface area contributed by atoms with Crippen LogP contribution in [-0.2, 0) is 10.0 Å². The standard InChI is InChI=1S/C14H12BrNO3S/c1-10-2-5-12(6-3-10)20(18,19)16-9-11-4-7-14(17)13(15)8-11/h2-9,17H,1H3/b16-9-. The minimum atomic E-state index is -3.71. The van der Waals surface area contributed by atoms with Crippen LogP contribution in [0.2, 0.25) is 0 Å². The van der Waals surface area contributed by atoms with Crippen LogP contribution in [-0.4, -0.2) is 19.7 Å². The lowest BCUT2D eigenvalue weighted by molar-refractivity contribution is 0.472. The van der Waals surface area contributed by atoms with Gasteiger partial charge < -0.3 is 5.11 Å². The summed E-state index contributed by atoms with van der Waals surface area (Å²) < 4.78 is 28.1. The number of rotatable bonds is 3. The maximum absolute atomic E-state index is 12.0. The van der Waals surface area contributed by atoms with E-state index in [4.69, 9.17) is 0 Å². The normalized spacial score (nSPS) is 11.9. The van der Waals surface area contributed by atoms with E-state index < -0.39 is 10.0 Å². The highest BCUT2D eigenvalue weighted by molar-refractivity contribution is 9.10. The molecule has 6 heteroatoms. The maximum Gasteiger partial charge on any atom is 0.282 e. The van der Waals surface area contributed by atoms with Gasteiger partial charge in [0.1, 0.15) is 5.75 Å². The predicted octanol–water partition coefficient (Wildman–Crippen LogP) is 3.27. The number of aromatic hydroxyl groups is 1. The van der Waals surface area contributed by atoms with E-state index in [9.17, 15) is 13.5 Å². The Bertz CT molecular complexity index is 752. The predicted molar refractivity (Wildman–Crippen MR) is 81.8 cm³/mol. The minimum absolute atomic E-state index is 0.0866. The highest BCUT2D eigenvalue weighted by atomic mass is 79.9. The third kappa shape index (κ3) is 3.46. The van der Waals surface area contributed by atoms with Crippen molar-refractivity contribution in [1.29, 1.82) is 0 Å².